The summed E-state index contributed by atoms with van der Waals surface area (Å²) in [5.41, 5.74) is 0.827. The van der Waals surface area contributed by atoms with Crippen LogP contribution in [0.2, 0.25) is 5.02 Å². The number of sulfonamides is 1. The standard InChI is InChI=1S/C25H25ClN2O5S/c1-3-17-33-23-11-7-20(8-12-23)27-25(29)18-28(21-9-13-22(14-10-21)32-4-2)34(30,31)24-15-5-19(26)6-16-24/h3,5-16H,1,4,17-18H2,2H3,(H,27,29). The van der Waals surface area contributed by atoms with E-state index in [-0.39, 0.29) is 4.90 Å². The number of hydrogen-bond donors (Lipinski definition) is 1. The topological polar surface area (TPSA) is 84.9 Å². The number of benzene rings is 3. The Labute approximate surface area is 204 Å². The maximum Gasteiger partial charge on any atom is 0.264 e. The van der Waals surface area contributed by atoms with E-state index < -0.39 is 22.5 Å². The van der Waals surface area contributed by atoms with E-state index in [2.05, 4.69) is 11.9 Å². The van der Waals surface area contributed by atoms with Crippen LogP contribution in [0.4, 0.5) is 11.4 Å². The summed E-state index contributed by atoms with van der Waals surface area (Å²) in [6.45, 7) is 5.86. The summed E-state index contributed by atoms with van der Waals surface area (Å²) >= 11 is 5.92. The molecular weight excluding hydrogens is 476 g/mol. The van der Waals surface area contributed by atoms with Crippen molar-refractivity contribution in [2.24, 2.45) is 0 Å². The van der Waals surface area contributed by atoms with Crippen LogP contribution in [-0.4, -0.2) is 34.1 Å². The van der Waals surface area contributed by atoms with Crippen molar-refractivity contribution in [3.63, 3.8) is 0 Å². The van der Waals surface area contributed by atoms with Crippen molar-refractivity contribution < 1.29 is 22.7 Å². The van der Waals surface area contributed by atoms with Gasteiger partial charge in [0.1, 0.15) is 24.7 Å². The molecule has 0 spiro atoms. The minimum atomic E-state index is -4.06. The number of amides is 1. The van der Waals surface area contributed by atoms with E-state index in [0.29, 0.717) is 41.1 Å². The highest BCUT2D eigenvalue weighted by molar-refractivity contribution is 7.92. The van der Waals surface area contributed by atoms with E-state index >= 15 is 0 Å². The van der Waals surface area contributed by atoms with Gasteiger partial charge in [0.05, 0.1) is 17.2 Å². The van der Waals surface area contributed by atoms with Gasteiger partial charge in [-0.2, -0.15) is 0 Å². The molecule has 34 heavy (non-hydrogen) atoms. The summed E-state index contributed by atoms with van der Waals surface area (Å²) in [6.07, 6.45) is 1.63. The Morgan fingerprint density at radius 2 is 1.56 bits per heavy atom. The Hall–Kier alpha value is -3.49. The summed E-state index contributed by atoms with van der Waals surface area (Å²) < 4.78 is 38.8. The Morgan fingerprint density at radius 3 is 2.15 bits per heavy atom. The van der Waals surface area contributed by atoms with Gasteiger partial charge < -0.3 is 14.8 Å². The van der Waals surface area contributed by atoms with Crippen LogP contribution in [0.1, 0.15) is 6.92 Å². The molecular formula is C25H25ClN2O5S. The van der Waals surface area contributed by atoms with Gasteiger partial charge in [-0.25, -0.2) is 8.42 Å². The highest BCUT2D eigenvalue weighted by Gasteiger charge is 2.27. The van der Waals surface area contributed by atoms with Crippen LogP contribution in [-0.2, 0) is 14.8 Å². The third-order valence-corrected chi connectivity index (χ3v) is 6.67. The number of halogens is 1. The van der Waals surface area contributed by atoms with E-state index in [1.54, 1.807) is 54.6 Å². The molecule has 0 heterocycles. The molecule has 3 aromatic carbocycles. The van der Waals surface area contributed by atoms with Crippen LogP contribution < -0.4 is 19.1 Å². The molecule has 0 atom stereocenters. The van der Waals surface area contributed by atoms with Crippen LogP contribution in [0.15, 0.2) is 90.3 Å². The fraction of sp³-hybridized carbons (Fsp3) is 0.160. The van der Waals surface area contributed by atoms with Gasteiger partial charge in [0, 0.05) is 10.7 Å². The molecule has 1 amide bonds. The largest absolute Gasteiger partial charge is 0.494 e. The number of rotatable bonds is 11. The molecule has 0 fully saturated rings. The molecule has 3 aromatic rings. The van der Waals surface area contributed by atoms with Crippen LogP contribution in [0, 0.1) is 0 Å². The Kier molecular flexibility index (Phi) is 8.56. The summed E-state index contributed by atoms with van der Waals surface area (Å²) in [7, 11) is -4.06. The van der Waals surface area contributed by atoms with Gasteiger partial charge in [-0.15, -0.1) is 0 Å². The molecule has 7 nitrogen and oxygen atoms in total. The number of hydrogen-bond acceptors (Lipinski definition) is 5. The lowest BCUT2D eigenvalue weighted by Gasteiger charge is -2.24. The van der Waals surface area contributed by atoms with E-state index in [1.807, 2.05) is 6.92 Å². The second-order valence-electron chi connectivity index (χ2n) is 7.06. The molecule has 0 radical (unpaired) electrons. The molecule has 0 aliphatic heterocycles. The van der Waals surface area contributed by atoms with Crippen molar-refractivity contribution >= 4 is 38.9 Å². The normalized spacial score (nSPS) is 10.9. The van der Waals surface area contributed by atoms with Crippen molar-refractivity contribution in [3.05, 3.63) is 90.5 Å². The van der Waals surface area contributed by atoms with E-state index in [4.69, 9.17) is 21.1 Å². The number of carbonyl (C=O) groups is 1. The van der Waals surface area contributed by atoms with Gasteiger partial charge in [-0.3, -0.25) is 9.10 Å². The lowest BCUT2D eigenvalue weighted by atomic mass is 10.3. The number of ether oxygens (including phenoxy) is 2. The third-order valence-electron chi connectivity index (χ3n) is 4.63. The second kappa shape index (κ2) is 11.6. The lowest BCUT2D eigenvalue weighted by molar-refractivity contribution is -0.114. The molecule has 0 aliphatic rings. The summed E-state index contributed by atoms with van der Waals surface area (Å²) in [5, 5.41) is 3.13. The van der Waals surface area contributed by atoms with Crippen LogP contribution >= 0.6 is 11.6 Å². The average molecular weight is 501 g/mol. The number of anilines is 2. The first kappa shape index (κ1) is 25.1. The zero-order chi connectivity index (χ0) is 24.6. The minimum Gasteiger partial charge on any atom is -0.494 e. The molecule has 0 saturated carbocycles. The average Bonchev–Trinajstić information content (AvgIpc) is 2.83. The van der Waals surface area contributed by atoms with Gasteiger partial charge in [0.15, 0.2) is 0 Å². The van der Waals surface area contributed by atoms with E-state index in [1.165, 1.54) is 24.3 Å². The van der Waals surface area contributed by atoms with Gasteiger partial charge >= 0.3 is 0 Å². The first-order valence-corrected chi connectivity index (χ1v) is 12.3. The SMILES string of the molecule is C=CCOc1ccc(NC(=O)CN(c2ccc(OCC)cc2)S(=O)(=O)c2ccc(Cl)cc2)cc1. The molecule has 9 heteroatoms. The first-order valence-electron chi connectivity index (χ1n) is 10.5. The van der Waals surface area contributed by atoms with Gasteiger partial charge in [-0.1, -0.05) is 24.3 Å². The predicted octanol–water partition coefficient (Wildman–Crippen LogP) is 5.14. The van der Waals surface area contributed by atoms with Crippen LogP contribution in [0.3, 0.4) is 0 Å². The highest BCUT2D eigenvalue weighted by Crippen LogP contribution is 2.27. The van der Waals surface area contributed by atoms with Gasteiger partial charge in [-0.05, 0) is 79.7 Å². The molecule has 0 aliphatic carbocycles. The minimum absolute atomic E-state index is 0.0160. The molecule has 0 unspecified atom stereocenters. The second-order valence-corrected chi connectivity index (χ2v) is 9.36. The maximum atomic E-state index is 13.4. The molecule has 178 valence electrons. The molecule has 0 bridgehead atoms. The van der Waals surface area contributed by atoms with E-state index in [9.17, 15) is 13.2 Å². The third kappa shape index (κ3) is 6.52. The zero-order valence-electron chi connectivity index (χ0n) is 18.6. The van der Waals surface area contributed by atoms with Gasteiger partial charge in [0.2, 0.25) is 5.91 Å². The van der Waals surface area contributed by atoms with Crippen LogP contribution in [0.5, 0.6) is 11.5 Å². The fourth-order valence-electron chi connectivity index (χ4n) is 3.04. The Bertz CT molecular complexity index is 1210. The van der Waals surface area contributed by atoms with Crippen molar-refractivity contribution in [1.82, 2.24) is 0 Å². The van der Waals surface area contributed by atoms with Crippen molar-refractivity contribution in [2.45, 2.75) is 11.8 Å². The molecule has 3 rings (SSSR count). The fourth-order valence-corrected chi connectivity index (χ4v) is 4.59. The molecule has 1 N–H and O–H groups in total. The summed E-state index contributed by atoms with van der Waals surface area (Å²) in [4.78, 5) is 12.9. The maximum absolute atomic E-state index is 13.4. The van der Waals surface area contributed by atoms with E-state index in [0.717, 1.165) is 4.31 Å². The molecule has 0 aromatic heterocycles. The number of nitrogens with one attached hydrogen (secondary N) is 1. The monoisotopic (exact) mass is 500 g/mol. The van der Waals surface area contributed by atoms with Crippen LogP contribution in [0.25, 0.3) is 0 Å². The summed E-state index contributed by atoms with van der Waals surface area (Å²) in [5.74, 6) is 0.712. The molecule has 0 saturated heterocycles. The lowest BCUT2D eigenvalue weighted by Crippen LogP contribution is -2.38. The number of nitrogens with zero attached hydrogens (tertiary/aromatic N) is 1. The summed E-state index contributed by atoms with van der Waals surface area (Å²) in [6, 6.07) is 19.0. The van der Waals surface area contributed by atoms with Gasteiger partial charge in [0.25, 0.3) is 10.0 Å². The van der Waals surface area contributed by atoms with Crippen molar-refractivity contribution in [2.75, 3.05) is 29.4 Å². The highest BCUT2D eigenvalue weighted by atomic mass is 35.5. The van der Waals surface area contributed by atoms with Crippen molar-refractivity contribution in [1.29, 1.82) is 0 Å². The Morgan fingerprint density at radius 1 is 0.971 bits per heavy atom. The van der Waals surface area contributed by atoms with Crippen molar-refractivity contribution in [3.8, 4) is 11.5 Å². The predicted molar refractivity (Wildman–Crippen MR) is 134 cm³/mol. The zero-order valence-corrected chi connectivity index (χ0v) is 20.2. The first-order chi connectivity index (χ1) is 16.3. The Balaban J connectivity index is 1.85. The quantitative estimate of drug-likeness (QED) is 0.368. The smallest absolute Gasteiger partial charge is 0.264 e. The number of carbonyl (C=O) groups excluding carboxylic acids is 1.